The Morgan fingerprint density at radius 2 is 2.29 bits per heavy atom. The normalized spacial score (nSPS) is 8.93. The molecular weight excluding hydrogens is 178 g/mol. The molecule has 0 saturated heterocycles. The van der Waals surface area contributed by atoms with E-state index >= 15 is 0 Å². The molecule has 0 aliphatic rings. The summed E-state index contributed by atoms with van der Waals surface area (Å²) in [6, 6.07) is 7.73. The summed E-state index contributed by atoms with van der Waals surface area (Å²) in [6.45, 7) is 1.76. The molecule has 1 rings (SSSR count). The third-order valence-corrected chi connectivity index (χ3v) is 1.78. The number of hydrogen-bond donors (Lipinski definition) is 0. The van der Waals surface area contributed by atoms with Gasteiger partial charge in [0, 0.05) is 10.5 Å². The molecular formula is C11H11NO2. The minimum atomic E-state index is -0.434. The van der Waals surface area contributed by atoms with E-state index in [-0.39, 0.29) is 6.54 Å². The third kappa shape index (κ3) is 3.28. The molecule has 0 saturated carbocycles. The van der Waals surface area contributed by atoms with Crippen molar-refractivity contribution in [1.82, 2.24) is 0 Å². The molecule has 0 fully saturated rings. The molecule has 0 radical (unpaired) electrons. The quantitative estimate of drug-likeness (QED) is 0.405. The van der Waals surface area contributed by atoms with E-state index in [1.165, 1.54) is 5.56 Å². The van der Waals surface area contributed by atoms with Crippen LogP contribution in [0.1, 0.15) is 18.1 Å². The Morgan fingerprint density at radius 3 is 2.93 bits per heavy atom. The standard InChI is InChI=1S/C11H11NO2/c1-2-10-5-3-6-11(9-10)7-4-8-12(13)14/h3,5-6,9H,2,8H2,1H3. The number of benzene rings is 1. The fourth-order valence-electron chi connectivity index (χ4n) is 1.08. The summed E-state index contributed by atoms with van der Waals surface area (Å²) in [5, 5.41) is 10.0. The molecule has 0 heterocycles. The van der Waals surface area contributed by atoms with Gasteiger partial charge >= 0.3 is 0 Å². The van der Waals surface area contributed by atoms with Crippen molar-refractivity contribution in [1.29, 1.82) is 0 Å². The van der Waals surface area contributed by atoms with E-state index in [2.05, 4.69) is 18.8 Å². The lowest BCUT2D eigenvalue weighted by molar-refractivity contribution is -0.466. The molecule has 0 bridgehead atoms. The average Bonchev–Trinajstić information content (AvgIpc) is 2.18. The summed E-state index contributed by atoms with van der Waals surface area (Å²) >= 11 is 0. The summed E-state index contributed by atoms with van der Waals surface area (Å²) in [5.41, 5.74) is 2.03. The van der Waals surface area contributed by atoms with Gasteiger partial charge in [0.1, 0.15) is 0 Å². The zero-order valence-corrected chi connectivity index (χ0v) is 7.99. The Bertz CT molecular complexity index is 388. The second-order valence-corrected chi connectivity index (χ2v) is 2.85. The molecule has 3 heteroatoms. The number of nitrogens with zero attached hydrogens (tertiary/aromatic N) is 1. The summed E-state index contributed by atoms with van der Waals surface area (Å²) in [7, 11) is 0. The van der Waals surface area contributed by atoms with Crippen molar-refractivity contribution in [2.24, 2.45) is 0 Å². The predicted octanol–water partition coefficient (Wildman–Crippen LogP) is 1.88. The maximum absolute atomic E-state index is 10.0. The minimum Gasteiger partial charge on any atom is -0.264 e. The molecule has 0 atom stereocenters. The molecule has 0 amide bonds. The SMILES string of the molecule is CCc1cccc(C#CC[N+](=O)[O-])c1. The number of rotatable bonds is 2. The van der Waals surface area contributed by atoms with Crippen LogP contribution in [-0.2, 0) is 6.42 Å². The Balaban J connectivity index is 2.74. The van der Waals surface area contributed by atoms with E-state index < -0.39 is 4.92 Å². The predicted molar refractivity (Wildman–Crippen MR) is 54.6 cm³/mol. The first-order valence-electron chi connectivity index (χ1n) is 4.42. The highest BCUT2D eigenvalue weighted by Crippen LogP contribution is 2.04. The molecule has 0 spiro atoms. The van der Waals surface area contributed by atoms with Crippen LogP contribution in [0.25, 0.3) is 0 Å². The summed E-state index contributed by atoms with van der Waals surface area (Å²) in [5.74, 6) is 5.26. The lowest BCUT2D eigenvalue weighted by Crippen LogP contribution is -1.96. The van der Waals surface area contributed by atoms with Crippen LogP contribution in [0.15, 0.2) is 24.3 Å². The Labute approximate surface area is 82.9 Å². The zero-order chi connectivity index (χ0) is 10.4. The first-order valence-corrected chi connectivity index (χ1v) is 4.42. The molecule has 0 aromatic heterocycles. The average molecular weight is 189 g/mol. The van der Waals surface area contributed by atoms with Gasteiger partial charge in [-0.2, -0.15) is 0 Å². The minimum absolute atomic E-state index is 0.295. The second kappa shape index (κ2) is 5.03. The van der Waals surface area contributed by atoms with Crippen LogP contribution in [0.3, 0.4) is 0 Å². The lowest BCUT2D eigenvalue weighted by atomic mass is 10.1. The molecule has 0 aliphatic heterocycles. The van der Waals surface area contributed by atoms with Crippen molar-refractivity contribution >= 4 is 0 Å². The Kier molecular flexibility index (Phi) is 3.69. The highest BCUT2D eigenvalue weighted by molar-refractivity contribution is 5.37. The van der Waals surface area contributed by atoms with Gasteiger partial charge in [0.25, 0.3) is 6.54 Å². The topological polar surface area (TPSA) is 43.1 Å². The maximum atomic E-state index is 10.0. The van der Waals surface area contributed by atoms with Crippen LogP contribution in [0, 0.1) is 22.0 Å². The van der Waals surface area contributed by atoms with Gasteiger partial charge < -0.3 is 0 Å². The van der Waals surface area contributed by atoms with Crippen LogP contribution in [0.4, 0.5) is 0 Å². The van der Waals surface area contributed by atoms with Crippen molar-refractivity contribution in [3.05, 3.63) is 45.5 Å². The van der Waals surface area contributed by atoms with Crippen molar-refractivity contribution in [2.75, 3.05) is 6.54 Å². The summed E-state index contributed by atoms with van der Waals surface area (Å²) < 4.78 is 0. The molecule has 72 valence electrons. The van der Waals surface area contributed by atoms with Gasteiger partial charge in [0.2, 0.25) is 0 Å². The number of aryl methyl sites for hydroxylation is 1. The molecule has 0 N–H and O–H groups in total. The largest absolute Gasteiger partial charge is 0.264 e. The molecule has 1 aromatic carbocycles. The Morgan fingerprint density at radius 1 is 1.50 bits per heavy atom. The highest BCUT2D eigenvalue weighted by Gasteiger charge is 1.91. The molecule has 0 unspecified atom stereocenters. The number of hydrogen-bond acceptors (Lipinski definition) is 2. The van der Waals surface area contributed by atoms with Gasteiger partial charge in [-0.25, -0.2) is 0 Å². The highest BCUT2D eigenvalue weighted by atomic mass is 16.6. The van der Waals surface area contributed by atoms with Crippen LogP contribution in [0.2, 0.25) is 0 Å². The fraction of sp³-hybridized carbons (Fsp3) is 0.273. The lowest BCUT2D eigenvalue weighted by Gasteiger charge is -1.95. The first-order chi connectivity index (χ1) is 6.72. The van der Waals surface area contributed by atoms with E-state index in [0.29, 0.717) is 0 Å². The van der Waals surface area contributed by atoms with E-state index in [1.54, 1.807) is 0 Å². The van der Waals surface area contributed by atoms with E-state index in [0.717, 1.165) is 12.0 Å². The Hall–Kier alpha value is -1.82. The van der Waals surface area contributed by atoms with Gasteiger partial charge in [0.05, 0.1) is 0 Å². The summed E-state index contributed by atoms with van der Waals surface area (Å²) in [4.78, 5) is 9.58. The molecule has 1 aromatic rings. The van der Waals surface area contributed by atoms with Crippen LogP contribution in [-0.4, -0.2) is 11.5 Å². The first kappa shape index (κ1) is 10.3. The second-order valence-electron chi connectivity index (χ2n) is 2.85. The molecule has 14 heavy (non-hydrogen) atoms. The van der Waals surface area contributed by atoms with Crippen molar-refractivity contribution < 1.29 is 4.92 Å². The van der Waals surface area contributed by atoms with Crippen LogP contribution >= 0.6 is 0 Å². The molecule has 3 nitrogen and oxygen atoms in total. The monoisotopic (exact) mass is 189 g/mol. The fourth-order valence-corrected chi connectivity index (χ4v) is 1.08. The zero-order valence-electron chi connectivity index (χ0n) is 7.99. The van der Waals surface area contributed by atoms with Crippen LogP contribution in [0.5, 0.6) is 0 Å². The molecule has 0 aliphatic carbocycles. The van der Waals surface area contributed by atoms with Gasteiger partial charge in [-0.15, -0.1) is 0 Å². The van der Waals surface area contributed by atoms with E-state index in [1.807, 2.05) is 24.3 Å². The van der Waals surface area contributed by atoms with Gasteiger partial charge in [-0.1, -0.05) is 25.0 Å². The maximum Gasteiger partial charge on any atom is 0.263 e. The van der Waals surface area contributed by atoms with Gasteiger partial charge in [-0.3, -0.25) is 10.1 Å². The third-order valence-electron chi connectivity index (χ3n) is 1.78. The summed E-state index contributed by atoms with van der Waals surface area (Å²) in [6.07, 6.45) is 0.949. The van der Waals surface area contributed by atoms with E-state index in [4.69, 9.17) is 0 Å². The van der Waals surface area contributed by atoms with Gasteiger partial charge in [-0.05, 0) is 30.0 Å². The van der Waals surface area contributed by atoms with E-state index in [9.17, 15) is 10.1 Å². The van der Waals surface area contributed by atoms with Crippen molar-refractivity contribution in [3.63, 3.8) is 0 Å². The van der Waals surface area contributed by atoms with Gasteiger partial charge in [0.15, 0.2) is 0 Å². The smallest absolute Gasteiger partial charge is 0.263 e. The van der Waals surface area contributed by atoms with Crippen LogP contribution < -0.4 is 0 Å². The van der Waals surface area contributed by atoms with Crippen molar-refractivity contribution in [2.45, 2.75) is 13.3 Å². The number of nitro groups is 1. The van der Waals surface area contributed by atoms with Crippen molar-refractivity contribution in [3.8, 4) is 11.8 Å².